The summed E-state index contributed by atoms with van der Waals surface area (Å²) in [6.07, 6.45) is 13.8. The molecule has 4 aliphatic carbocycles. The molecule has 2 fully saturated rings. The molecule has 0 spiro atoms. The zero-order chi connectivity index (χ0) is 24.4. The molecule has 2 saturated carbocycles. The minimum absolute atomic E-state index is 0.00636. The van der Waals surface area contributed by atoms with Gasteiger partial charge in [-0.1, -0.05) is 59.8 Å². The van der Waals surface area contributed by atoms with Crippen molar-refractivity contribution in [3.8, 4) is 0 Å². The van der Waals surface area contributed by atoms with Crippen LogP contribution in [0.3, 0.4) is 0 Å². The number of aldehydes is 1. The van der Waals surface area contributed by atoms with E-state index in [4.69, 9.17) is 0 Å². The Morgan fingerprint density at radius 3 is 2.55 bits per heavy atom. The molecule has 0 aromatic carbocycles. The molecule has 33 heavy (non-hydrogen) atoms. The van der Waals surface area contributed by atoms with Gasteiger partial charge in [0.25, 0.3) is 0 Å². The van der Waals surface area contributed by atoms with Crippen LogP contribution in [-0.4, -0.2) is 23.3 Å². The highest BCUT2D eigenvalue weighted by Crippen LogP contribution is 2.71. The normalized spacial score (nSPS) is 43.1. The van der Waals surface area contributed by atoms with Gasteiger partial charge in [0.15, 0.2) is 0 Å². The van der Waals surface area contributed by atoms with Crippen LogP contribution >= 0.6 is 0 Å². The van der Waals surface area contributed by atoms with Crippen LogP contribution in [-0.2, 0) is 9.59 Å². The number of fused-ring (bicyclic) bond motifs is 5. The Balaban J connectivity index is 1.69. The zero-order valence-electron chi connectivity index (χ0n) is 21.8. The van der Waals surface area contributed by atoms with E-state index in [1.54, 1.807) is 0 Å². The average Bonchev–Trinajstić information content (AvgIpc) is 2.98. The molecule has 0 amide bonds. The van der Waals surface area contributed by atoms with E-state index >= 15 is 0 Å². The number of rotatable bonds is 5. The molecule has 7 atom stereocenters. The second-order valence-corrected chi connectivity index (χ2v) is 12.9. The minimum atomic E-state index is -0.351. The highest BCUT2D eigenvalue weighted by atomic mass is 16.3. The quantitative estimate of drug-likeness (QED) is 0.377. The lowest BCUT2D eigenvalue weighted by molar-refractivity contribution is -0.138. The number of ketones is 1. The van der Waals surface area contributed by atoms with Crippen LogP contribution in [0.25, 0.3) is 0 Å². The topological polar surface area (TPSA) is 54.4 Å². The maximum absolute atomic E-state index is 12.8. The van der Waals surface area contributed by atoms with Crippen LogP contribution in [0.15, 0.2) is 34.9 Å². The summed E-state index contributed by atoms with van der Waals surface area (Å²) in [6.45, 7) is 15.6. The van der Waals surface area contributed by atoms with Crippen LogP contribution in [0, 0.1) is 39.4 Å². The van der Waals surface area contributed by atoms with Crippen molar-refractivity contribution in [1.29, 1.82) is 0 Å². The molecule has 1 N–H and O–H groups in total. The molecule has 0 heterocycles. The fourth-order valence-corrected chi connectivity index (χ4v) is 8.58. The Labute approximate surface area is 200 Å². The van der Waals surface area contributed by atoms with Crippen molar-refractivity contribution in [3.05, 3.63) is 34.9 Å². The number of hydrogen-bond acceptors (Lipinski definition) is 3. The highest BCUT2D eigenvalue weighted by Gasteiger charge is 2.66. The van der Waals surface area contributed by atoms with E-state index in [-0.39, 0.29) is 27.8 Å². The van der Waals surface area contributed by atoms with Crippen LogP contribution < -0.4 is 0 Å². The van der Waals surface area contributed by atoms with Crippen LogP contribution in [0.4, 0.5) is 0 Å². The van der Waals surface area contributed by atoms with Gasteiger partial charge < -0.3 is 5.11 Å². The van der Waals surface area contributed by atoms with Gasteiger partial charge in [-0.3, -0.25) is 9.59 Å². The van der Waals surface area contributed by atoms with Crippen molar-refractivity contribution in [2.75, 3.05) is 0 Å². The maximum atomic E-state index is 12.8. The van der Waals surface area contributed by atoms with E-state index in [1.807, 2.05) is 13.0 Å². The summed E-state index contributed by atoms with van der Waals surface area (Å²) >= 11 is 0. The standard InChI is InChI=1S/C30H44O3/c1-19(18-31)9-8-10-20(2)23-17-26(33)30(7)22-11-12-24-27(3,4)25(32)14-15-28(24,5)21(22)13-16-29(23,30)6/h9,11,13,18,20,23-24,26,33H,8,10,12,14-17H2,1-7H3/b19-9+/t20-,23-,24+,26+,28+,29-,30-/m1/s1. The Morgan fingerprint density at radius 1 is 1.18 bits per heavy atom. The lowest BCUT2D eigenvalue weighted by Crippen LogP contribution is -2.54. The first-order valence-corrected chi connectivity index (χ1v) is 13.1. The molecule has 0 radical (unpaired) electrons. The third kappa shape index (κ3) is 3.32. The first-order valence-electron chi connectivity index (χ1n) is 13.1. The van der Waals surface area contributed by atoms with E-state index in [2.05, 4.69) is 53.7 Å². The van der Waals surface area contributed by atoms with Gasteiger partial charge in [0.2, 0.25) is 0 Å². The second kappa shape index (κ2) is 8.04. The third-order valence-corrected chi connectivity index (χ3v) is 11.1. The van der Waals surface area contributed by atoms with Crippen LogP contribution in [0.5, 0.6) is 0 Å². The van der Waals surface area contributed by atoms with Gasteiger partial charge >= 0.3 is 0 Å². The molecule has 0 saturated heterocycles. The summed E-state index contributed by atoms with van der Waals surface area (Å²) in [7, 11) is 0. The lowest BCUT2D eigenvalue weighted by Gasteiger charge is -2.60. The predicted octanol–water partition coefficient (Wildman–Crippen LogP) is 6.61. The summed E-state index contributed by atoms with van der Waals surface area (Å²) in [5, 5.41) is 11.6. The average molecular weight is 453 g/mol. The largest absolute Gasteiger partial charge is 0.392 e. The number of hydrogen-bond donors (Lipinski definition) is 1. The van der Waals surface area contributed by atoms with Crippen molar-refractivity contribution >= 4 is 12.1 Å². The summed E-state index contributed by atoms with van der Waals surface area (Å²) in [5.74, 6) is 1.66. The Bertz CT molecular complexity index is 936. The molecule has 0 bridgehead atoms. The molecule has 4 aliphatic rings. The van der Waals surface area contributed by atoms with E-state index in [9.17, 15) is 14.7 Å². The van der Waals surface area contributed by atoms with Gasteiger partial charge in [-0.2, -0.15) is 0 Å². The number of Topliss-reactive ketones (excluding diaryl/α,β-unsaturated/α-hetero) is 1. The first-order chi connectivity index (χ1) is 15.3. The Hall–Kier alpha value is -1.48. The smallest absolute Gasteiger partial charge is 0.145 e. The molecule has 3 nitrogen and oxygen atoms in total. The first kappa shape index (κ1) is 24.6. The van der Waals surface area contributed by atoms with Crippen molar-refractivity contribution in [1.82, 2.24) is 0 Å². The Morgan fingerprint density at radius 2 is 1.88 bits per heavy atom. The molecular formula is C30H44O3. The van der Waals surface area contributed by atoms with E-state index in [0.717, 1.165) is 50.4 Å². The zero-order valence-corrected chi connectivity index (χ0v) is 21.8. The molecule has 3 heteroatoms. The lowest BCUT2D eigenvalue weighted by atomic mass is 9.44. The van der Waals surface area contributed by atoms with Gasteiger partial charge in [0.1, 0.15) is 12.1 Å². The summed E-state index contributed by atoms with van der Waals surface area (Å²) in [5.41, 5.74) is 3.06. The number of carbonyl (C=O) groups excluding carboxylic acids is 2. The minimum Gasteiger partial charge on any atom is -0.392 e. The number of allylic oxidation sites excluding steroid dienone is 5. The molecule has 0 aromatic rings. The highest BCUT2D eigenvalue weighted by molar-refractivity contribution is 5.86. The number of aliphatic hydroxyl groups excluding tert-OH is 1. The molecule has 0 aliphatic heterocycles. The molecule has 0 aromatic heterocycles. The van der Waals surface area contributed by atoms with Crippen LogP contribution in [0.2, 0.25) is 0 Å². The Kier molecular flexibility index (Phi) is 6.00. The van der Waals surface area contributed by atoms with Crippen molar-refractivity contribution < 1.29 is 14.7 Å². The van der Waals surface area contributed by atoms with E-state index in [1.165, 1.54) is 11.1 Å². The second-order valence-electron chi connectivity index (χ2n) is 12.9. The predicted molar refractivity (Wildman–Crippen MR) is 134 cm³/mol. The fraction of sp³-hybridized carbons (Fsp3) is 0.733. The monoisotopic (exact) mass is 452 g/mol. The maximum Gasteiger partial charge on any atom is 0.145 e. The van der Waals surface area contributed by atoms with Gasteiger partial charge in [-0.05, 0) is 90.8 Å². The van der Waals surface area contributed by atoms with Gasteiger partial charge in [0, 0.05) is 17.3 Å². The summed E-state index contributed by atoms with van der Waals surface area (Å²) < 4.78 is 0. The van der Waals surface area contributed by atoms with E-state index in [0.29, 0.717) is 30.0 Å². The molecular weight excluding hydrogens is 408 g/mol. The van der Waals surface area contributed by atoms with Gasteiger partial charge in [-0.15, -0.1) is 0 Å². The number of carbonyl (C=O) groups is 2. The SMILES string of the molecule is C/C(C=O)=C\CC[C@@H](C)[C@H]1C[C@H](O)[C@@]2(C)C3=CC[C@H]4C(C)(C)C(=O)CC[C@@]4(C)C3=CC[C@]12C. The van der Waals surface area contributed by atoms with Gasteiger partial charge in [-0.25, -0.2) is 0 Å². The van der Waals surface area contributed by atoms with Gasteiger partial charge in [0.05, 0.1) is 6.10 Å². The molecule has 182 valence electrons. The molecule has 4 rings (SSSR count). The van der Waals surface area contributed by atoms with Crippen molar-refractivity contribution in [3.63, 3.8) is 0 Å². The fourth-order valence-electron chi connectivity index (χ4n) is 8.58. The molecule has 0 unspecified atom stereocenters. The van der Waals surface area contributed by atoms with Crippen LogP contribution in [0.1, 0.15) is 93.4 Å². The van der Waals surface area contributed by atoms with Crippen molar-refractivity contribution in [2.24, 2.45) is 39.4 Å². The summed E-state index contributed by atoms with van der Waals surface area (Å²) in [6, 6.07) is 0. The number of aliphatic hydroxyl groups is 1. The van der Waals surface area contributed by atoms with Crippen molar-refractivity contribution in [2.45, 2.75) is 99.5 Å². The van der Waals surface area contributed by atoms with E-state index < -0.39 is 0 Å². The summed E-state index contributed by atoms with van der Waals surface area (Å²) in [4.78, 5) is 23.7. The third-order valence-electron chi connectivity index (χ3n) is 11.1.